The third-order valence-electron chi connectivity index (χ3n) is 5.80. The molecule has 2 aromatic carbocycles. The quantitative estimate of drug-likeness (QED) is 0.595. The zero-order valence-corrected chi connectivity index (χ0v) is 17.7. The molecule has 1 aliphatic heterocycles. The number of hydrogen-bond donors (Lipinski definition) is 0. The molecule has 0 radical (unpaired) electrons. The van der Waals surface area contributed by atoms with E-state index in [1.165, 1.54) is 12.1 Å². The Hall–Kier alpha value is -3.32. The molecule has 0 aliphatic carbocycles. The fourth-order valence-electron chi connectivity index (χ4n) is 4.11. The Balaban J connectivity index is 1.50. The van der Waals surface area contributed by atoms with E-state index in [9.17, 15) is 14.0 Å². The average Bonchev–Trinajstić information content (AvgIpc) is 3.17. The molecule has 1 fully saturated rings. The fraction of sp³-hybridized carbons (Fsp3) is 0.292. The zero-order valence-electron chi connectivity index (χ0n) is 17.7. The number of aromatic nitrogens is 2. The number of aldehydes is 1. The van der Waals surface area contributed by atoms with Gasteiger partial charge in [-0.2, -0.15) is 5.10 Å². The maximum atomic E-state index is 13.3. The smallest absolute Gasteiger partial charge is 0.275 e. The highest BCUT2D eigenvalue weighted by Gasteiger charge is 2.30. The number of benzene rings is 2. The lowest BCUT2D eigenvalue weighted by Crippen LogP contribution is -2.50. The molecule has 7 heteroatoms. The van der Waals surface area contributed by atoms with Gasteiger partial charge in [-0.1, -0.05) is 36.4 Å². The van der Waals surface area contributed by atoms with Crippen molar-refractivity contribution >= 4 is 12.2 Å². The topological polar surface area (TPSA) is 58.4 Å². The van der Waals surface area contributed by atoms with Crippen LogP contribution in [0.3, 0.4) is 0 Å². The van der Waals surface area contributed by atoms with Gasteiger partial charge < -0.3 is 9.69 Å². The van der Waals surface area contributed by atoms with Crippen molar-refractivity contribution in [3.05, 3.63) is 77.4 Å². The van der Waals surface area contributed by atoms with Crippen molar-refractivity contribution in [2.45, 2.75) is 13.0 Å². The number of aryl methyl sites for hydroxylation is 2. The zero-order chi connectivity index (χ0) is 22.0. The average molecular weight is 420 g/mol. The molecule has 0 saturated carbocycles. The summed E-state index contributed by atoms with van der Waals surface area (Å²) in [5.41, 5.74) is 4.10. The summed E-state index contributed by atoms with van der Waals surface area (Å²) in [7, 11) is 1.81. The highest BCUT2D eigenvalue weighted by molar-refractivity contribution is 5.99. The van der Waals surface area contributed by atoms with E-state index in [-0.39, 0.29) is 11.7 Å². The molecule has 0 unspecified atom stereocenters. The Morgan fingerprint density at radius 2 is 1.71 bits per heavy atom. The Morgan fingerprint density at radius 3 is 2.35 bits per heavy atom. The normalized spacial score (nSPS) is 15.6. The number of rotatable bonds is 5. The number of carbonyl (C=O) groups excluding carboxylic acids is 2. The van der Waals surface area contributed by atoms with Gasteiger partial charge in [-0.3, -0.25) is 14.4 Å². The van der Waals surface area contributed by atoms with Crippen LogP contribution in [0.4, 0.5) is 4.39 Å². The van der Waals surface area contributed by atoms with Gasteiger partial charge in [0.15, 0.2) is 5.69 Å². The van der Waals surface area contributed by atoms with E-state index >= 15 is 0 Å². The number of hydrogen-bond acceptors (Lipinski definition) is 4. The molecule has 1 amide bonds. The van der Waals surface area contributed by atoms with E-state index in [2.05, 4.69) is 5.10 Å². The third kappa shape index (κ3) is 4.27. The van der Waals surface area contributed by atoms with E-state index in [1.807, 2.05) is 49.3 Å². The van der Waals surface area contributed by atoms with Gasteiger partial charge in [-0.05, 0) is 35.7 Å². The lowest BCUT2D eigenvalue weighted by Gasteiger charge is -2.37. The largest absolute Gasteiger partial charge is 0.335 e. The summed E-state index contributed by atoms with van der Waals surface area (Å²) in [4.78, 5) is 28.8. The van der Waals surface area contributed by atoms with Gasteiger partial charge in [-0.25, -0.2) is 4.39 Å². The molecule has 3 aromatic rings. The van der Waals surface area contributed by atoms with Crippen LogP contribution in [0.2, 0.25) is 0 Å². The molecule has 4 rings (SSSR count). The minimum absolute atomic E-state index is 0.108. The monoisotopic (exact) mass is 420 g/mol. The van der Waals surface area contributed by atoms with Gasteiger partial charge in [0, 0.05) is 45.0 Å². The van der Waals surface area contributed by atoms with Crippen LogP contribution in [0.15, 0.2) is 54.7 Å². The first-order valence-electron chi connectivity index (χ1n) is 10.3. The van der Waals surface area contributed by atoms with Crippen molar-refractivity contribution in [2.75, 3.05) is 26.2 Å². The molecule has 0 bridgehead atoms. The van der Waals surface area contributed by atoms with Crippen LogP contribution >= 0.6 is 0 Å². The van der Waals surface area contributed by atoms with E-state index in [4.69, 9.17) is 0 Å². The van der Waals surface area contributed by atoms with Gasteiger partial charge in [0.05, 0.1) is 6.04 Å². The SMILES string of the molecule is Cc1ccccc1-c1cn(C)nc1C(=O)N1CCN([C@H](C=O)c2ccc(F)cc2)CC1. The van der Waals surface area contributed by atoms with Gasteiger partial charge in [0.25, 0.3) is 5.91 Å². The molecular weight excluding hydrogens is 395 g/mol. The molecule has 0 N–H and O–H groups in total. The lowest BCUT2D eigenvalue weighted by atomic mass is 10.0. The minimum atomic E-state index is -0.449. The summed E-state index contributed by atoms with van der Waals surface area (Å²) in [5.74, 6) is -0.438. The first-order chi connectivity index (χ1) is 15.0. The first kappa shape index (κ1) is 20.9. The van der Waals surface area contributed by atoms with E-state index < -0.39 is 6.04 Å². The van der Waals surface area contributed by atoms with E-state index in [0.29, 0.717) is 31.9 Å². The number of nitrogens with zero attached hydrogens (tertiary/aromatic N) is 4. The molecule has 31 heavy (non-hydrogen) atoms. The standard InChI is InChI=1S/C24H25FN4O2/c1-17-5-3-4-6-20(17)21-15-27(2)26-23(21)24(31)29-13-11-28(12-14-29)22(16-30)18-7-9-19(25)10-8-18/h3-10,15-16,22H,11-14H2,1-2H3/t22-/m1/s1. The van der Waals surface area contributed by atoms with Gasteiger partial charge >= 0.3 is 0 Å². The molecule has 1 aromatic heterocycles. The summed E-state index contributed by atoms with van der Waals surface area (Å²) in [6.45, 7) is 4.12. The van der Waals surface area contributed by atoms with Crippen LogP contribution in [0.1, 0.15) is 27.7 Å². The molecule has 2 heterocycles. The number of piperazine rings is 1. The Morgan fingerprint density at radius 1 is 1.03 bits per heavy atom. The van der Waals surface area contributed by atoms with Crippen LogP contribution in [0.5, 0.6) is 0 Å². The van der Waals surface area contributed by atoms with Crippen molar-refractivity contribution < 1.29 is 14.0 Å². The van der Waals surface area contributed by atoms with Crippen LogP contribution in [0, 0.1) is 12.7 Å². The van der Waals surface area contributed by atoms with Crippen molar-refractivity contribution in [3.8, 4) is 11.1 Å². The second-order valence-electron chi connectivity index (χ2n) is 7.84. The summed E-state index contributed by atoms with van der Waals surface area (Å²) in [5, 5.41) is 4.45. The van der Waals surface area contributed by atoms with E-state index in [0.717, 1.165) is 28.5 Å². The van der Waals surface area contributed by atoms with Crippen molar-refractivity contribution in [2.24, 2.45) is 7.05 Å². The summed E-state index contributed by atoms with van der Waals surface area (Å²) >= 11 is 0. The van der Waals surface area contributed by atoms with Crippen molar-refractivity contribution in [3.63, 3.8) is 0 Å². The first-order valence-corrected chi connectivity index (χ1v) is 10.3. The fourth-order valence-corrected chi connectivity index (χ4v) is 4.11. The maximum Gasteiger partial charge on any atom is 0.275 e. The molecule has 1 saturated heterocycles. The number of halogens is 1. The highest BCUT2D eigenvalue weighted by Crippen LogP contribution is 2.28. The Bertz CT molecular complexity index is 1090. The number of carbonyl (C=O) groups is 2. The lowest BCUT2D eigenvalue weighted by molar-refractivity contribution is -0.113. The van der Waals surface area contributed by atoms with Crippen LogP contribution in [0.25, 0.3) is 11.1 Å². The highest BCUT2D eigenvalue weighted by atomic mass is 19.1. The van der Waals surface area contributed by atoms with Crippen LogP contribution in [-0.4, -0.2) is 58.0 Å². The number of amides is 1. The van der Waals surface area contributed by atoms with E-state index in [1.54, 1.807) is 21.7 Å². The maximum absolute atomic E-state index is 13.3. The predicted molar refractivity (Wildman–Crippen MR) is 116 cm³/mol. The van der Waals surface area contributed by atoms with Gasteiger partial charge in [-0.15, -0.1) is 0 Å². The van der Waals surface area contributed by atoms with Gasteiger partial charge in [0.1, 0.15) is 12.1 Å². The minimum Gasteiger partial charge on any atom is -0.335 e. The molecular formula is C24H25FN4O2. The summed E-state index contributed by atoms with van der Waals surface area (Å²) in [6, 6.07) is 13.5. The molecule has 0 spiro atoms. The van der Waals surface area contributed by atoms with Crippen LogP contribution in [-0.2, 0) is 11.8 Å². The third-order valence-corrected chi connectivity index (χ3v) is 5.80. The van der Waals surface area contributed by atoms with Crippen molar-refractivity contribution in [1.29, 1.82) is 0 Å². The summed E-state index contributed by atoms with van der Waals surface area (Å²) in [6.07, 6.45) is 2.75. The van der Waals surface area contributed by atoms with Gasteiger partial charge in [0.2, 0.25) is 0 Å². The second-order valence-corrected chi connectivity index (χ2v) is 7.84. The Labute approximate surface area is 180 Å². The van der Waals surface area contributed by atoms with Crippen molar-refractivity contribution in [1.82, 2.24) is 19.6 Å². The Kier molecular flexibility index (Phi) is 5.95. The summed E-state index contributed by atoms with van der Waals surface area (Å²) < 4.78 is 14.9. The molecule has 1 atom stereocenters. The second kappa shape index (κ2) is 8.81. The molecule has 1 aliphatic rings. The molecule has 6 nitrogen and oxygen atoms in total. The van der Waals surface area contributed by atoms with Crippen LogP contribution < -0.4 is 0 Å². The molecule has 160 valence electrons. The predicted octanol–water partition coefficient (Wildman–Crippen LogP) is 3.23.